The molecule has 15 heteroatoms. The number of hydrogen-bond donors (Lipinski definition) is 9. The Morgan fingerprint density at radius 2 is 1.48 bits per heavy atom. The molecule has 2 aromatic rings. The van der Waals surface area contributed by atoms with Crippen LogP contribution in [0.1, 0.15) is 18.1 Å². The van der Waals surface area contributed by atoms with Gasteiger partial charge in [0.1, 0.15) is 49.3 Å². The third-order valence-corrected chi connectivity index (χ3v) is 7.26. The van der Waals surface area contributed by atoms with Gasteiger partial charge in [-0.25, -0.2) is 4.79 Å². The molecule has 2 fully saturated rings. The summed E-state index contributed by atoms with van der Waals surface area (Å²) in [5, 5.41) is 90.8. The lowest BCUT2D eigenvalue weighted by atomic mass is 9.97. The van der Waals surface area contributed by atoms with Crippen LogP contribution in [0.25, 0.3) is 6.08 Å². The lowest BCUT2D eigenvalue weighted by molar-refractivity contribution is -0.357. The maximum Gasteiger partial charge on any atom is 0.330 e. The molecule has 0 saturated carbocycles. The molecule has 0 amide bonds. The number of benzene rings is 2. The number of rotatable bonds is 10. The van der Waals surface area contributed by atoms with Crippen LogP contribution in [0.15, 0.2) is 42.5 Å². The van der Waals surface area contributed by atoms with Crippen LogP contribution in [0.5, 0.6) is 23.0 Å². The zero-order valence-corrected chi connectivity index (χ0v) is 23.5. The van der Waals surface area contributed by atoms with Gasteiger partial charge in [0.25, 0.3) is 0 Å². The Morgan fingerprint density at radius 3 is 2.16 bits per heavy atom. The topological polar surface area (TPSA) is 245 Å². The normalized spacial score (nSPS) is 32.5. The maximum absolute atomic E-state index is 12.4. The van der Waals surface area contributed by atoms with Gasteiger partial charge in [0.2, 0.25) is 0 Å². The first kappa shape index (κ1) is 33.4. The van der Waals surface area contributed by atoms with Crippen molar-refractivity contribution in [2.75, 3.05) is 13.2 Å². The van der Waals surface area contributed by atoms with E-state index in [1.165, 1.54) is 43.3 Å². The third kappa shape index (κ3) is 7.95. The first-order valence-corrected chi connectivity index (χ1v) is 13.7. The van der Waals surface area contributed by atoms with Gasteiger partial charge in [-0.2, -0.15) is 0 Å². The van der Waals surface area contributed by atoms with Gasteiger partial charge in [0.05, 0.1) is 12.7 Å². The second-order valence-corrected chi connectivity index (χ2v) is 10.5. The predicted octanol–water partition coefficient (Wildman–Crippen LogP) is -1.02. The van der Waals surface area contributed by atoms with Crippen LogP contribution in [-0.2, 0) is 34.9 Å². The highest BCUT2D eigenvalue weighted by Crippen LogP contribution is 2.31. The highest BCUT2D eigenvalue weighted by molar-refractivity contribution is 5.87. The molecule has 44 heavy (non-hydrogen) atoms. The smallest absolute Gasteiger partial charge is 0.330 e. The summed E-state index contributed by atoms with van der Waals surface area (Å²) in [6, 6.07) is 8.05. The van der Waals surface area contributed by atoms with Crippen molar-refractivity contribution >= 4 is 12.0 Å². The molecule has 2 heterocycles. The zero-order valence-electron chi connectivity index (χ0n) is 23.5. The Hall–Kier alpha value is -3.51. The molecular formula is C29H36O15. The second kappa shape index (κ2) is 14.5. The molecule has 9 N–H and O–H groups in total. The molecule has 0 bridgehead atoms. The fraction of sp³-hybridized carbons (Fsp3) is 0.483. The molecule has 2 aromatic carbocycles. The average Bonchev–Trinajstić information content (AvgIpc) is 2.99. The highest BCUT2D eigenvalue weighted by atomic mass is 16.7. The lowest BCUT2D eigenvalue weighted by Crippen LogP contribution is -2.64. The summed E-state index contributed by atoms with van der Waals surface area (Å²) in [4.78, 5) is 12.4. The van der Waals surface area contributed by atoms with E-state index in [-0.39, 0.29) is 36.0 Å². The Bertz CT molecular complexity index is 1300. The predicted molar refractivity (Wildman–Crippen MR) is 147 cm³/mol. The van der Waals surface area contributed by atoms with E-state index in [0.717, 1.165) is 6.08 Å². The van der Waals surface area contributed by atoms with Gasteiger partial charge in [-0.1, -0.05) is 12.1 Å². The molecule has 0 aliphatic carbocycles. The minimum atomic E-state index is -1.74. The monoisotopic (exact) mass is 624 g/mol. The van der Waals surface area contributed by atoms with E-state index >= 15 is 0 Å². The van der Waals surface area contributed by atoms with E-state index in [1.54, 1.807) is 6.07 Å². The maximum atomic E-state index is 12.4. The van der Waals surface area contributed by atoms with Crippen LogP contribution in [0.3, 0.4) is 0 Å². The van der Waals surface area contributed by atoms with Crippen molar-refractivity contribution in [3.8, 4) is 23.0 Å². The Labute approximate surface area is 251 Å². The first-order valence-electron chi connectivity index (χ1n) is 13.7. The van der Waals surface area contributed by atoms with Gasteiger partial charge >= 0.3 is 5.97 Å². The molecule has 242 valence electrons. The SMILES string of the molecule is C[C@@H]1O[C@@H](O[C@H]2[C@@H](O)[C@@H](OCCc3ccc(O)c(O)c3)O[C@H](COC(=O)C=Cc3ccc(O)c(O)c3)[C@H]2O)[C@H](O)[C@H](O)[C@H]1O. The van der Waals surface area contributed by atoms with Gasteiger partial charge in [-0.05, 0) is 54.8 Å². The van der Waals surface area contributed by atoms with Crippen LogP contribution in [0.2, 0.25) is 0 Å². The molecule has 10 atom stereocenters. The molecule has 4 rings (SSSR count). The number of aliphatic hydroxyl groups excluding tert-OH is 5. The molecule has 0 aromatic heterocycles. The summed E-state index contributed by atoms with van der Waals surface area (Å²) >= 11 is 0. The van der Waals surface area contributed by atoms with Crippen molar-refractivity contribution in [1.29, 1.82) is 0 Å². The summed E-state index contributed by atoms with van der Waals surface area (Å²) in [5.41, 5.74) is 0.962. The van der Waals surface area contributed by atoms with Crippen molar-refractivity contribution in [3.63, 3.8) is 0 Å². The number of carbonyl (C=O) groups excluding carboxylic acids is 1. The molecule has 2 aliphatic heterocycles. The van der Waals surface area contributed by atoms with Gasteiger partial charge in [-0.3, -0.25) is 0 Å². The van der Waals surface area contributed by atoms with E-state index in [9.17, 15) is 50.8 Å². The van der Waals surface area contributed by atoms with E-state index in [0.29, 0.717) is 11.1 Å². The van der Waals surface area contributed by atoms with E-state index in [1.807, 2.05) is 0 Å². The first-order chi connectivity index (χ1) is 20.8. The van der Waals surface area contributed by atoms with E-state index in [4.69, 9.17) is 23.7 Å². The summed E-state index contributed by atoms with van der Waals surface area (Å²) < 4.78 is 27.7. The summed E-state index contributed by atoms with van der Waals surface area (Å²) in [6.45, 7) is 0.804. The standard InChI is InChI=1S/C29H36O15/c1-13-22(35)24(37)25(38)29(42-13)44-27-23(36)20(12-41-21(34)7-4-14-2-5-16(30)18(32)10-14)43-28(26(27)39)40-9-8-15-3-6-17(31)19(33)11-15/h2-7,10-11,13,20,22-33,35-39H,8-9,12H2,1H3/t13-,20+,22-,23+,24+,25+,26+,27+,28-,29-/m0/s1. The number of ether oxygens (including phenoxy) is 5. The summed E-state index contributed by atoms with van der Waals surface area (Å²) in [6.07, 6.45) is -12.5. The fourth-order valence-electron chi connectivity index (χ4n) is 4.66. The van der Waals surface area contributed by atoms with Gasteiger partial charge in [0, 0.05) is 6.08 Å². The van der Waals surface area contributed by atoms with Crippen molar-refractivity contribution in [3.05, 3.63) is 53.6 Å². The second-order valence-electron chi connectivity index (χ2n) is 10.5. The minimum Gasteiger partial charge on any atom is -0.504 e. The minimum absolute atomic E-state index is 0.0754. The van der Waals surface area contributed by atoms with Crippen LogP contribution in [0.4, 0.5) is 0 Å². The molecular weight excluding hydrogens is 588 g/mol. The van der Waals surface area contributed by atoms with Gasteiger partial charge < -0.3 is 69.6 Å². The molecule has 0 radical (unpaired) electrons. The largest absolute Gasteiger partial charge is 0.504 e. The van der Waals surface area contributed by atoms with Crippen molar-refractivity contribution in [1.82, 2.24) is 0 Å². The van der Waals surface area contributed by atoms with Gasteiger partial charge in [-0.15, -0.1) is 0 Å². The number of esters is 1. The number of carbonyl (C=O) groups is 1. The van der Waals surface area contributed by atoms with Crippen LogP contribution >= 0.6 is 0 Å². The quantitative estimate of drug-likeness (QED) is 0.0873. The fourth-order valence-corrected chi connectivity index (χ4v) is 4.66. The molecule has 0 spiro atoms. The zero-order chi connectivity index (χ0) is 32.1. The third-order valence-electron chi connectivity index (χ3n) is 7.26. The number of phenolic OH excluding ortho intramolecular Hbond substituents is 4. The Balaban J connectivity index is 1.44. The molecule has 0 unspecified atom stereocenters. The Morgan fingerprint density at radius 1 is 0.795 bits per heavy atom. The van der Waals surface area contributed by atoms with Crippen LogP contribution in [-0.4, -0.2) is 127 Å². The number of aliphatic hydroxyl groups is 5. The molecule has 2 saturated heterocycles. The molecule has 15 nitrogen and oxygen atoms in total. The number of aromatic hydroxyl groups is 4. The lowest BCUT2D eigenvalue weighted by Gasteiger charge is -2.45. The van der Waals surface area contributed by atoms with Crippen molar-refractivity contribution in [2.24, 2.45) is 0 Å². The van der Waals surface area contributed by atoms with Gasteiger partial charge in [0.15, 0.2) is 35.6 Å². The van der Waals surface area contributed by atoms with Crippen LogP contribution < -0.4 is 0 Å². The van der Waals surface area contributed by atoms with Crippen molar-refractivity contribution < 1.29 is 74.4 Å². The number of hydrogen-bond acceptors (Lipinski definition) is 15. The van der Waals surface area contributed by atoms with E-state index in [2.05, 4.69) is 0 Å². The Kier molecular flexibility index (Phi) is 11.0. The average molecular weight is 625 g/mol. The highest BCUT2D eigenvalue weighted by Gasteiger charge is 2.50. The van der Waals surface area contributed by atoms with E-state index < -0.39 is 74.0 Å². The number of phenols is 4. The molecule has 2 aliphatic rings. The summed E-state index contributed by atoms with van der Waals surface area (Å²) in [7, 11) is 0. The van der Waals surface area contributed by atoms with Crippen molar-refractivity contribution in [2.45, 2.75) is 74.8 Å². The summed E-state index contributed by atoms with van der Waals surface area (Å²) in [5.74, 6) is -2.23. The van der Waals surface area contributed by atoms with Crippen LogP contribution in [0, 0.1) is 0 Å².